The van der Waals surface area contributed by atoms with Gasteiger partial charge in [-0.25, -0.2) is 4.39 Å². The van der Waals surface area contributed by atoms with E-state index in [1.165, 1.54) is 11.0 Å². The van der Waals surface area contributed by atoms with Crippen molar-refractivity contribution in [3.05, 3.63) is 70.1 Å². The fraction of sp³-hybridized carbons (Fsp3) is 0.111. The predicted octanol–water partition coefficient (Wildman–Crippen LogP) is 3.75. The maximum Gasteiger partial charge on any atom is 0.276 e. The van der Waals surface area contributed by atoms with E-state index in [9.17, 15) is 9.18 Å². The lowest BCUT2D eigenvalue weighted by molar-refractivity contribution is -0.121. The first-order chi connectivity index (χ1) is 12.0. The molecule has 7 heteroatoms. The summed E-state index contributed by atoms with van der Waals surface area (Å²) < 4.78 is 19.2. The van der Waals surface area contributed by atoms with Gasteiger partial charge in [0.05, 0.1) is 5.02 Å². The van der Waals surface area contributed by atoms with Crippen molar-refractivity contribution in [2.75, 3.05) is 7.05 Å². The molecule has 0 spiro atoms. The Morgan fingerprint density at radius 2 is 2.08 bits per heavy atom. The van der Waals surface area contributed by atoms with E-state index in [1.807, 2.05) is 0 Å². The summed E-state index contributed by atoms with van der Waals surface area (Å²) in [4.78, 5) is 13.3. The Labute approximate surface area is 154 Å². The van der Waals surface area contributed by atoms with Gasteiger partial charge in [0.2, 0.25) is 0 Å². The number of ether oxygens (including phenoxy) is 1. The van der Waals surface area contributed by atoms with Gasteiger partial charge in [-0.05, 0) is 42.1 Å². The molecule has 1 fully saturated rings. The highest BCUT2D eigenvalue weighted by Gasteiger charge is 2.26. The lowest BCUT2D eigenvalue weighted by atomic mass is 10.2. The monoisotopic (exact) mass is 376 g/mol. The van der Waals surface area contributed by atoms with Gasteiger partial charge in [0.15, 0.2) is 5.11 Å². The van der Waals surface area contributed by atoms with E-state index in [2.05, 4.69) is 5.32 Å². The van der Waals surface area contributed by atoms with Crippen LogP contribution in [-0.4, -0.2) is 23.0 Å². The third-order valence-corrected chi connectivity index (χ3v) is 4.36. The number of amides is 1. The van der Waals surface area contributed by atoms with Gasteiger partial charge >= 0.3 is 0 Å². The van der Waals surface area contributed by atoms with Gasteiger partial charge in [-0.15, -0.1) is 0 Å². The summed E-state index contributed by atoms with van der Waals surface area (Å²) in [6, 6.07) is 11.5. The van der Waals surface area contributed by atoms with Crippen molar-refractivity contribution in [3.63, 3.8) is 0 Å². The van der Waals surface area contributed by atoms with Gasteiger partial charge < -0.3 is 10.1 Å². The van der Waals surface area contributed by atoms with Gasteiger partial charge in [-0.2, -0.15) is 0 Å². The van der Waals surface area contributed by atoms with Crippen LogP contribution >= 0.6 is 23.8 Å². The Hall–Kier alpha value is -2.44. The third kappa shape index (κ3) is 3.81. The highest BCUT2D eigenvalue weighted by atomic mass is 35.5. The SMILES string of the molecule is CN1C(=O)/C(=C/c2ccc(OCc3ccccc3F)c(Cl)c2)NC1=S. The number of nitrogens with zero attached hydrogens (tertiary/aromatic N) is 1. The predicted molar refractivity (Wildman–Crippen MR) is 98.7 cm³/mol. The molecule has 0 unspecified atom stereocenters. The molecule has 2 aromatic carbocycles. The first-order valence-electron chi connectivity index (χ1n) is 7.42. The number of carbonyl (C=O) groups is 1. The Balaban J connectivity index is 1.74. The standard InChI is InChI=1S/C18H14ClFN2O2S/c1-22-17(23)15(21-18(22)25)9-11-6-7-16(13(19)8-11)24-10-12-4-2-3-5-14(12)20/h2-9H,10H2,1H3,(H,21,25)/b15-9-. The second-order valence-electron chi connectivity index (χ2n) is 5.42. The zero-order valence-corrected chi connectivity index (χ0v) is 14.8. The number of thiocarbonyl (C=S) groups is 1. The summed E-state index contributed by atoms with van der Waals surface area (Å²) in [5.41, 5.74) is 1.54. The van der Waals surface area contributed by atoms with Gasteiger partial charge in [0.25, 0.3) is 5.91 Å². The fourth-order valence-electron chi connectivity index (χ4n) is 2.28. The van der Waals surface area contributed by atoms with Crippen molar-refractivity contribution in [3.8, 4) is 5.75 Å². The highest BCUT2D eigenvalue weighted by Crippen LogP contribution is 2.27. The normalized spacial score (nSPS) is 15.6. The third-order valence-electron chi connectivity index (χ3n) is 3.69. The Morgan fingerprint density at radius 1 is 1.32 bits per heavy atom. The maximum atomic E-state index is 13.6. The lowest BCUT2D eigenvalue weighted by Crippen LogP contribution is -2.25. The van der Waals surface area contributed by atoms with Crippen molar-refractivity contribution >= 4 is 40.9 Å². The summed E-state index contributed by atoms with van der Waals surface area (Å²) in [6.45, 7) is 0.0753. The number of hydrogen-bond donors (Lipinski definition) is 1. The van der Waals surface area contributed by atoms with Gasteiger partial charge in [-0.3, -0.25) is 9.69 Å². The maximum absolute atomic E-state index is 13.6. The van der Waals surface area contributed by atoms with Crippen LogP contribution in [0.25, 0.3) is 6.08 Å². The van der Waals surface area contributed by atoms with E-state index < -0.39 is 0 Å². The molecule has 25 heavy (non-hydrogen) atoms. The number of rotatable bonds is 4. The molecule has 1 N–H and O–H groups in total. The zero-order valence-electron chi connectivity index (χ0n) is 13.3. The van der Waals surface area contributed by atoms with E-state index in [-0.39, 0.29) is 18.3 Å². The number of halogens is 2. The van der Waals surface area contributed by atoms with Crippen LogP contribution in [0.3, 0.4) is 0 Å². The first-order valence-corrected chi connectivity index (χ1v) is 8.21. The smallest absolute Gasteiger partial charge is 0.276 e. The van der Waals surface area contributed by atoms with Crippen LogP contribution in [0.2, 0.25) is 5.02 Å². The minimum absolute atomic E-state index is 0.0753. The van der Waals surface area contributed by atoms with E-state index in [0.29, 0.717) is 27.1 Å². The number of benzene rings is 2. The molecule has 1 heterocycles. The molecule has 1 amide bonds. The molecule has 0 atom stereocenters. The molecule has 1 aliphatic heterocycles. The van der Waals surface area contributed by atoms with Crippen molar-refractivity contribution in [2.45, 2.75) is 6.61 Å². The molecule has 3 rings (SSSR count). The van der Waals surface area contributed by atoms with Crippen molar-refractivity contribution in [2.24, 2.45) is 0 Å². The number of carbonyl (C=O) groups excluding carboxylic acids is 1. The lowest BCUT2D eigenvalue weighted by Gasteiger charge is -2.09. The van der Waals surface area contributed by atoms with Crippen LogP contribution in [0.5, 0.6) is 5.75 Å². The number of hydrogen-bond acceptors (Lipinski definition) is 3. The summed E-state index contributed by atoms with van der Waals surface area (Å²) in [5.74, 6) is -0.0997. The average Bonchev–Trinajstić information content (AvgIpc) is 2.82. The van der Waals surface area contributed by atoms with Crippen LogP contribution in [0.1, 0.15) is 11.1 Å². The van der Waals surface area contributed by atoms with Crippen molar-refractivity contribution in [1.29, 1.82) is 0 Å². The highest BCUT2D eigenvalue weighted by molar-refractivity contribution is 7.80. The largest absolute Gasteiger partial charge is 0.487 e. The Kier molecular flexibility index (Phi) is 5.01. The molecular weight excluding hydrogens is 363 g/mol. The molecule has 4 nitrogen and oxygen atoms in total. The number of nitrogens with one attached hydrogen (secondary N) is 1. The molecule has 1 saturated heterocycles. The van der Waals surface area contributed by atoms with E-state index in [4.69, 9.17) is 28.6 Å². The van der Waals surface area contributed by atoms with Crippen molar-refractivity contribution in [1.82, 2.24) is 10.2 Å². The minimum Gasteiger partial charge on any atom is -0.487 e. The molecular formula is C18H14ClFN2O2S. The Morgan fingerprint density at radius 3 is 2.72 bits per heavy atom. The second kappa shape index (κ2) is 7.21. The fourth-order valence-corrected chi connectivity index (χ4v) is 2.72. The molecule has 0 aliphatic carbocycles. The zero-order chi connectivity index (χ0) is 18.0. The van der Waals surface area contributed by atoms with Gasteiger partial charge in [0.1, 0.15) is 23.9 Å². The second-order valence-corrected chi connectivity index (χ2v) is 6.22. The molecule has 0 bridgehead atoms. The van der Waals surface area contributed by atoms with Crippen LogP contribution in [0.15, 0.2) is 48.2 Å². The number of likely N-dealkylation sites (N-methyl/N-ethyl adjacent to an activating group) is 1. The van der Waals surface area contributed by atoms with Gasteiger partial charge in [0, 0.05) is 12.6 Å². The van der Waals surface area contributed by atoms with Crippen molar-refractivity contribution < 1.29 is 13.9 Å². The average molecular weight is 377 g/mol. The summed E-state index contributed by atoms with van der Waals surface area (Å²) in [6.07, 6.45) is 1.66. The topological polar surface area (TPSA) is 41.6 Å². The van der Waals surface area contributed by atoms with E-state index >= 15 is 0 Å². The van der Waals surface area contributed by atoms with Gasteiger partial charge in [-0.1, -0.05) is 35.9 Å². The van der Waals surface area contributed by atoms with Crippen LogP contribution < -0.4 is 10.1 Å². The molecule has 0 radical (unpaired) electrons. The summed E-state index contributed by atoms with van der Waals surface area (Å²) in [5, 5.41) is 3.56. The molecule has 128 valence electrons. The quantitative estimate of drug-likeness (QED) is 0.652. The molecule has 1 aliphatic rings. The van der Waals surface area contributed by atoms with E-state index in [1.54, 1.807) is 49.5 Å². The van der Waals surface area contributed by atoms with Crippen LogP contribution in [0.4, 0.5) is 4.39 Å². The molecule has 2 aromatic rings. The first kappa shape index (κ1) is 17.4. The minimum atomic E-state index is -0.328. The van der Waals surface area contributed by atoms with Crippen LogP contribution in [-0.2, 0) is 11.4 Å². The van der Waals surface area contributed by atoms with Crippen LogP contribution in [0, 0.1) is 5.82 Å². The van der Waals surface area contributed by atoms with E-state index in [0.717, 1.165) is 5.56 Å². The molecule has 0 saturated carbocycles. The molecule has 0 aromatic heterocycles. The summed E-state index contributed by atoms with van der Waals surface area (Å²) in [7, 11) is 1.60. The Bertz CT molecular complexity index is 885. The summed E-state index contributed by atoms with van der Waals surface area (Å²) >= 11 is 11.3.